The highest BCUT2D eigenvalue weighted by atomic mass is 16.5. The van der Waals surface area contributed by atoms with Crippen LogP contribution in [0.1, 0.15) is 32.8 Å². The Morgan fingerprint density at radius 1 is 1.29 bits per heavy atom. The van der Waals surface area contributed by atoms with Crippen LogP contribution in [-0.2, 0) is 19.6 Å². The second-order valence-corrected chi connectivity index (χ2v) is 7.67. The number of ether oxygens (including phenoxy) is 1. The normalized spacial score (nSPS) is 14.6. The van der Waals surface area contributed by atoms with Crippen LogP contribution in [0.2, 0.25) is 0 Å². The first kappa shape index (κ1) is 21.0. The molecule has 1 atom stereocenters. The molecule has 3 aromatic rings. The second-order valence-electron chi connectivity index (χ2n) is 7.67. The SMILES string of the molecule is Cc1c(OCc2cnco2)ccc2c1CCN(C[C@@H](O)CNC(=O)c1ccncc1)C2. The molecule has 0 fully saturated rings. The second kappa shape index (κ2) is 9.72. The van der Waals surface area contributed by atoms with Gasteiger partial charge in [0.1, 0.15) is 12.4 Å². The zero-order valence-electron chi connectivity index (χ0n) is 17.5. The van der Waals surface area contributed by atoms with Crippen LogP contribution in [0.25, 0.3) is 0 Å². The molecule has 0 bridgehead atoms. The zero-order valence-corrected chi connectivity index (χ0v) is 17.5. The molecule has 0 saturated carbocycles. The molecule has 0 spiro atoms. The number of rotatable bonds is 8. The molecule has 2 N–H and O–H groups in total. The third kappa shape index (κ3) is 5.28. The zero-order chi connectivity index (χ0) is 21.6. The molecule has 1 aromatic carbocycles. The minimum atomic E-state index is -0.641. The molecule has 3 heterocycles. The van der Waals surface area contributed by atoms with Crippen molar-refractivity contribution in [1.82, 2.24) is 20.2 Å². The Labute approximate surface area is 180 Å². The molecule has 0 aliphatic carbocycles. The number of aliphatic hydroxyl groups is 1. The van der Waals surface area contributed by atoms with E-state index in [4.69, 9.17) is 9.15 Å². The fourth-order valence-electron chi connectivity index (χ4n) is 3.83. The van der Waals surface area contributed by atoms with Crippen molar-refractivity contribution in [1.29, 1.82) is 0 Å². The molecule has 1 aliphatic rings. The lowest BCUT2D eigenvalue weighted by atomic mass is 9.94. The number of fused-ring (bicyclic) bond motifs is 1. The number of pyridine rings is 1. The van der Waals surface area contributed by atoms with Gasteiger partial charge >= 0.3 is 0 Å². The third-order valence-electron chi connectivity index (χ3n) is 5.48. The highest BCUT2D eigenvalue weighted by Crippen LogP contribution is 2.29. The van der Waals surface area contributed by atoms with E-state index >= 15 is 0 Å². The summed E-state index contributed by atoms with van der Waals surface area (Å²) in [5, 5.41) is 13.2. The number of oxazole rings is 1. The van der Waals surface area contributed by atoms with Gasteiger partial charge in [-0.05, 0) is 48.2 Å². The molecule has 1 amide bonds. The van der Waals surface area contributed by atoms with Gasteiger partial charge in [-0.25, -0.2) is 4.98 Å². The summed E-state index contributed by atoms with van der Waals surface area (Å²) >= 11 is 0. The first-order valence-corrected chi connectivity index (χ1v) is 10.3. The average Bonchev–Trinajstić information content (AvgIpc) is 3.31. The lowest BCUT2D eigenvalue weighted by Crippen LogP contribution is -2.42. The van der Waals surface area contributed by atoms with E-state index in [0.717, 1.165) is 30.8 Å². The smallest absolute Gasteiger partial charge is 0.251 e. The minimum Gasteiger partial charge on any atom is -0.485 e. The standard InChI is InChI=1S/C23H26N4O4/c1-16-21-6-9-27(13-19(28)10-26-23(29)17-4-7-24-8-5-17)12-18(21)2-3-22(16)30-14-20-11-25-15-31-20/h2-5,7-8,11,15,19,28H,6,9-10,12-14H2,1H3,(H,26,29)/t19-/m0/s1. The number of carbonyl (C=O) groups is 1. The van der Waals surface area contributed by atoms with Crippen LogP contribution in [0, 0.1) is 6.92 Å². The number of hydrogen-bond acceptors (Lipinski definition) is 7. The van der Waals surface area contributed by atoms with Crippen LogP contribution in [0.5, 0.6) is 5.75 Å². The van der Waals surface area contributed by atoms with Crippen molar-refractivity contribution in [2.45, 2.75) is 32.6 Å². The van der Waals surface area contributed by atoms with E-state index < -0.39 is 6.10 Å². The van der Waals surface area contributed by atoms with Crippen molar-refractivity contribution in [3.8, 4) is 5.75 Å². The number of hydrogen-bond donors (Lipinski definition) is 2. The lowest BCUT2D eigenvalue weighted by Gasteiger charge is -2.31. The van der Waals surface area contributed by atoms with Gasteiger partial charge in [-0.15, -0.1) is 0 Å². The molecule has 2 aromatic heterocycles. The monoisotopic (exact) mass is 422 g/mol. The van der Waals surface area contributed by atoms with Crippen LogP contribution in [0.3, 0.4) is 0 Å². The summed E-state index contributed by atoms with van der Waals surface area (Å²) in [6.07, 6.45) is 6.43. The van der Waals surface area contributed by atoms with Crippen LogP contribution < -0.4 is 10.1 Å². The number of β-amino-alcohol motifs (C(OH)–C–C–N with tert-alkyl or cyclic N) is 1. The van der Waals surface area contributed by atoms with Gasteiger partial charge < -0.3 is 19.6 Å². The maximum absolute atomic E-state index is 12.1. The predicted octanol–water partition coefficient (Wildman–Crippen LogP) is 2.11. The van der Waals surface area contributed by atoms with Crippen molar-refractivity contribution >= 4 is 5.91 Å². The quantitative estimate of drug-likeness (QED) is 0.573. The summed E-state index contributed by atoms with van der Waals surface area (Å²) in [5.41, 5.74) is 4.21. The molecule has 4 rings (SSSR count). The van der Waals surface area contributed by atoms with E-state index in [9.17, 15) is 9.90 Å². The molecule has 0 radical (unpaired) electrons. The number of nitrogens with one attached hydrogen (secondary N) is 1. The molecule has 8 heteroatoms. The fraction of sp³-hybridized carbons (Fsp3) is 0.348. The summed E-state index contributed by atoms with van der Waals surface area (Å²) in [6, 6.07) is 7.37. The maximum atomic E-state index is 12.1. The summed E-state index contributed by atoms with van der Waals surface area (Å²) < 4.78 is 11.1. The van der Waals surface area contributed by atoms with Gasteiger partial charge in [-0.1, -0.05) is 6.07 Å². The van der Waals surface area contributed by atoms with Crippen molar-refractivity contribution in [3.05, 3.63) is 77.3 Å². The van der Waals surface area contributed by atoms with E-state index in [-0.39, 0.29) is 12.5 Å². The highest BCUT2D eigenvalue weighted by Gasteiger charge is 2.22. The highest BCUT2D eigenvalue weighted by molar-refractivity contribution is 5.93. The predicted molar refractivity (Wildman–Crippen MR) is 114 cm³/mol. The van der Waals surface area contributed by atoms with Gasteiger partial charge in [0.25, 0.3) is 5.91 Å². The Hall–Kier alpha value is -3.23. The number of carbonyl (C=O) groups excluding carboxylic acids is 1. The molecule has 0 saturated heterocycles. The molecular formula is C23H26N4O4. The van der Waals surface area contributed by atoms with Gasteiger partial charge in [0, 0.05) is 44.1 Å². The lowest BCUT2D eigenvalue weighted by molar-refractivity contribution is 0.0841. The Balaban J connectivity index is 1.29. The summed E-state index contributed by atoms with van der Waals surface area (Å²) in [7, 11) is 0. The number of aliphatic hydroxyl groups excluding tert-OH is 1. The number of amides is 1. The third-order valence-corrected chi connectivity index (χ3v) is 5.48. The van der Waals surface area contributed by atoms with E-state index in [1.54, 1.807) is 30.7 Å². The first-order valence-electron chi connectivity index (χ1n) is 10.3. The van der Waals surface area contributed by atoms with Crippen LogP contribution >= 0.6 is 0 Å². The molecule has 0 unspecified atom stereocenters. The fourth-order valence-corrected chi connectivity index (χ4v) is 3.83. The molecule has 1 aliphatic heterocycles. The van der Waals surface area contributed by atoms with Gasteiger partial charge in [0.05, 0.1) is 12.3 Å². The molecular weight excluding hydrogens is 396 g/mol. The topological polar surface area (TPSA) is 101 Å². The Bertz CT molecular complexity index is 1010. The Kier molecular flexibility index (Phi) is 6.59. The summed E-state index contributed by atoms with van der Waals surface area (Å²) in [5.74, 6) is 1.33. The van der Waals surface area contributed by atoms with E-state index in [1.807, 2.05) is 6.07 Å². The molecule has 162 valence electrons. The molecule has 8 nitrogen and oxygen atoms in total. The van der Waals surface area contributed by atoms with Gasteiger partial charge in [0.15, 0.2) is 12.2 Å². The largest absolute Gasteiger partial charge is 0.485 e. The van der Waals surface area contributed by atoms with Crippen LogP contribution in [0.15, 0.2) is 53.7 Å². The maximum Gasteiger partial charge on any atom is 0.251 e. The van der Waals surface area contributed by atoms with Crippen LogP contribution in [0.4, 0.5) is 0 Å². The van der Waals surface area contributed by atoms with Crippen molar-refractivity contribution in [3.63, 3.8) is 0 Å². The van der Waals surface area contributed by atoms with Gasteiger partial charge in [-0.3, -0.25) is 14.7 Å². The Morgan fingerprint density at radius 3 is 2.90 bits per heavy atom. The number of aromatic nitrogens is 2. The average molecular weight is 422 g/mol. The van der Waals surface area contributed by atoms with Gasteiger partial charge in [-0.2, -0.15) is 0 Å². The number of nitrogens with zero attached hydrogens (tertiary/aromatic N) is 3. The van der Waals surface area contributed by atoms with Crippen molar-refractivity contribution in [2.24, 2.45) is 0 Å². The van der Waals surface area contributed by atoms with E-state index in [1.165, 1.54) is 17.5 Å². The molecule has 31 heavy (non-hydrogen) atoms. The van der Waals surface area contributed by atoms with Crippen molar-refractivity contribution < 1.29 is 19.1 Å². The Morgan fingerprint density at radius 2 is 2.13 bits per heavy atom. The van der Waals surface area contributed by atoms with Crippen molar-refractivity contribution in [2.75, 3.05) is 19.6 Å². The first-order chi connectivity index (χ1) is 15.1. The number of benzene rings is 1. The minimum absolute atomic E-state index is 0.206. The van der Waals surface area contributed by atoms with Crippen LogP contribution in [-0.4, -0.2) is 51.6 Å². The summed E-state index contributed by atoms with van der Waals surface area (Å²) in [6.45, 7) is 4.73. The van der Waals surface area contributed by atoms with Gasteiger partial charge in [0.2, 0.25) is 0 Å². The van der Waals surface area contributed by atoms with E-state index in [2.05, 4.69) is 33.2 Å². The summed E-state index contributed by atoms with van der Waals surface area (Å²) in [4.78, 5) is 22.1. The van der Waals surface area contributed by atoms with E-state index in [0.29, 0.717) is 24.5 Å².